The average Bonchev–Trinajstić information content (AvgIpc) is 2.96. The number of carbonyl (C=O) groups is 4. The number of hydrogen-bond donors (Lipinski definition) is 3. The molecule has 0 aliphatic rings. The van der Waals surface area contributed by atoms with Crippen LogP contribution in [-0.4, -0.2) is 57.0 Å². The summed E-state index contributed by atoms with van der Waals surface area (Å²) in [6.07, 6.45) is 0.988. The average molecular weight is 597 g/mol. The molecule has 0 radical (unpaired) electrons. The van der Waals surface area contributed by atoms with Gasteiger partial charge >= 0.3 is 12.1 Å². The van der Waals surface area contributed by atoms with Crippen molar-refractivity contribution in [3.63, 3.8) is 0 Å². The van der Waals surface area contributed by atoms with Gasteiger partial charge in [-0.2, -0.15) is 0 Å². The molecular weight excluding hydrogens is 564 g/mol. The van der Waals surface area contributed by atoms with Crippen molar-refractivity contribution >= 4 is 33.9 Å². The van der Waals surface area contributed by atoms with Gasteiger partial charge in [-0.25, -0.2) is 22.9 Å². The van der Waals surface area contributed by atoms with Gasteiger partial charge in [0, 0.05) is 18.8 Å². The van der Waals surface area contributed by atoms with Crippen LogP contribution < -0.4 is 20.1 Å². The summed E-state index contributed by atoms with van der Waals surface area (Å²) in [4.78, 5) is 51.6. The van der Waals surface area contributed by atoms with Crippen molar-refractivity contribution in [1.82, 2.24) is 20.3 Å². The number of aromatic nitrogens is 1. The Morgan fingerprint density at radius 3 is 2.21 bits per heavy atom. The molecule has 0 fully saturated rings. The van der Waals surface area contributed by atoms with Crippen LogP contribution in [0.2, 0.25) is 0 Å². The number of carbonyl (C=O) groups excluding carboxylic acids is 4. The molecule has 42 heavy (non-hydrogen) atoms. The van der Waals surface area contributed by atoms with Crippen LogP contribution in [0.25, 0.3) is 0 Å². The highest BCUT2D eigenvalue weighted by Crippen LogP contribution is 2.13. The van der Waals surface area contributed by atoms with Gasteiger partial charge in [0.05, 0.1) is 29.3 Å². The van der Waals surface area contributed by atoms with Gasteiger partial charge in [0.15, 0.2) is 0 Å². The van der Waals surface area contributed by atoms with Crippen molar-refractivity contribution in [2.24, 2.45) is 5.92 Å². The molecule has 1 heterocycles. The largest absolute Gasteiger partial charge is 0.464 e. The van der Waals surface area contributed by atoms with Crippen LogP contribution in [0.1, 0.15) is 35.3 Å². The van der Waals surface area contributed by atoms with E-state index in [4.69, 9.17) is 9.47 Å². The maximum absolute atomic E-state index is 12.7. The Kier molecular flexibility index (Phi) is 11.6. The first-order valence-electron chi connectivity index (χ1n) is 13.1. The van der Waals surface area contributed by atoms with Gasteiger partial charge in [0.1, 0.15) is 6.61 Å². The van der Waals surface area contributed by atoms with Crippen LogP contribution in [0.3, 0.4) is 0 Å². The van der Waals surface area contributed by atoms with Gasteiger partial charge < -0.3 is 20.1 Å². The van der Waals surface area contributed by atoms with E-state index in [0.29, 0.717) is 13.0 Å². The van der Waals surface area contributed by atoms with E-state index in [-0.39, 0.29) is 47.7 Å². The monoisotopic (exact) mass is 596 g/mol. The van der Waals surface area contributed by atoms with E-state index in [0.717, 1.165) is 17.3 Å². The number of rotatable bonds is 13. The van der Waals surface area contributed by atoms with Crippen molar-refractivity contribution in [2.45, 2.75) is 31.6 Å². The highest BCUT2D eigenvalue weighted by atomic mass is 32.2. The Labute approximate surface area is 243 Å². The highest BCUT2D eigenvalue weighted by Gasteiger charge is 2.19. The lowest BCUT2D eigenvalue weighted by atomic mass is 10.1. The number of nitrogens with zero attached hydrogens (tertiary/aromatic N) is 1. The van der Waals surface area contributed by atoms with Crippen LogP contribution in [0.15, 0.2) is 77.8 Å². The predicted octanol–water partition coefficient (Wildman–Crippen LogP) is 2.39. The zero-order valence-corrected chi connectivity index (χ0v) is 24.0. The molecule has 0 spiro atoms. The van der Waals surface area contributed by atoms with Crippen molar-refractivity contribution in [1.29, 1.82) is 0 Å². The maximum atomic E-state index is 12.7. The molecule has 0 saturated carbocycles. The number of amides is 3. The number of benzene rings is 2. The van der Waals surface area contributed by atoms with Gasteiger partial charge in [0.2, 0.25) is 11.8 Å². The fourth-order valence-corrected chi connectivity index (χ4v) is 4.42. The Morgan fingerprint density at radius 2 is 1.57 bits per heavy atom. The van der Waals surface area contributed by atoms with Gasteiger partial charge in [-0.3, -0.25) is 14.4 Å². The molecule has 222 valence electrons. The standard InChI is InChI=1S/C29H32N4O8S/c1-20(2)28(36)40-17-16-31-29(37)41-26-13-10-23(19-32-26)27(35)33-42(38,39)24-11-8-21(9-12-24)14-15-30-25(34)18-22-6-4-3-5-7-22/h3-13,19-20H,14-18H2,1-2H3,(H,30,34)(H,31,37)(H,33,35). The van der Waals surface area contributed by atoms with E-state index in [9.17, 15) is 27.6 Å². The van der Waals surface area contributed by atoms with Crippen molar-refractivity contribution in [3.8, 4) is 5.88 Å². The van der Waals surface area contributed by atoms with Crippen LogP contribution >= 0.6 is 0 Å². The summed E-state index contributed by atoms with van der Waals surface area (Å²) >= 11 is 0. The molecule has 12 nitrogen and oxygen atoms in total. The van der Waals surface area contributed by atoms with Crippen LogP contribution in [-0.2, 0) is 37.2 Å². The quantitative estimate of drug-likeness (QED) is 0.198. The first-order valence-corrected chi connectivity index (χ1v) is 14.6. The molecule has 0 aliphatic heterocycles. The Bertz CT molecular complexity index is 1480. The lowest BCUT2D eigenvalue weighted by Crippen LogP contribution is -2.31. The van der Waals surface area contributed by atoms with Crippen molar-refractivity contribution in [2.75, 3.05) is 19.7 Å². The molecule has 13 heteroatoms. The van der Waals surface area contributed by atoms with Crippen LogP contribution in [0, 0.1) is 5.92 Å². The molecular formula is C29H32N4O8S. The normalized spacial score (nSPS) is 10.9. The summed E-state index contributed by atoms with van der Waals surface area (Å²) in [5, 5.41) is 5.22. The van der Waals surface area contributed by atoms with Crippen LogP contribution in [0.4, 0.5) is 4.79 Å². The zero-order chi connectivity index (χ0) is 30.5. The van der Waals surface area contributed by atoms with E-state index in [1.807, 2.05) is 35.1 Å². The molecule has 0 bridgehead atoms. The SMILES string of the molecule is CC(C)C(=O)OCCNC(=O)Oc1ccc(C(=O)NS(=O)(=O)c2ccc(CCNC(=O)Cc3ccccc3)cc2)cn1. The number of esters is 1. The summed E-state index contributed by atoms with van der Waals surface area (Å²) < 4.78 is 37.3. The zero-order valence-electron chi connectivity index (χ0n) is 23.2. The molecule has 0 unspecified atom stereocenters. The lowest BCUT2D eigenvalue weighted by Gasteiger charge is -2.10. The lowest BCUT2D eigenvalue weighted by molar-refractivity contribution is -0.147. The fourth-order valence-electron chi connectivity index (χ4n) is 3.44. The second-order valence-corrected chi connectivity index (χ2v) is 11.0. The molecule has 1 aromatic heterocycles. The van der Waals surface area contributed by atoms with Crippen molar-refractivity contribution < 1.29 is 37.1 Å². The molecule has 0 atom stereocenters. The molecule has 2 aromatic carbocycles. The summed E-state index contributed by atoms with van der Waals surface area (Å²) in [6.45, 7) is 3.76. The number of ether oxygens (including phenoxy) is 2. The molecule has 3 amide bonds. The third kappa shape index (κ3) is 10.3. The third-order valence-corrected chi connectivity index (χ3v) is 7.03. The molecule has 3 N–H and O–H groups in total. The van der Waals surface area contributed by atoms with Crippen LogP contribution in [0.5, 0.6) is 5.88 Å². The number of pyridine rings is 1. The minimum absolute atomic E-state index is 0.0245. The van der Waals surface area contributed by atoms with E-state index in [1.54, 1.807) is 26.0 Å². The van der Waals surface area contributed by atoms with Gasteiger partial charge in [-0.05, 0) is 35.7 Å². The topological polar surface area (TPSA) is 170 Å². The Morgan fingerprint density at radius 1 is 0.857 bits per heavy atom. The maximum Gasteiger partial charge on any atom is 0.414 e. The smallest absolute Gasteiger partial charge is 0.414 e. The fraction of sp³-hybridized carbons (Fsp3) is 0.276. The molecule has 3 rings (SSSR count). The molecule has 0 saturated heterocycles. The van der Waals surface area contributed by atoms with E-state index < -0.39 is 28.0 Å². The second kappa shape index (κ2) is 15.3. The van der Waals surface area contributed by atoms with Gasteiger partial charge in [0.25, 0.3) is 15.9 Å². The minimum Gasteiger partial charge on any atom is -0.464 e. The summed E-state index contributed by atoms with van der Waals surface area (Å²) in [6, 6.07) is 17.8. The summed E-state index contributed by atoms with van der Waals surface area (Å²) in [5.41, 5.74) is 1.64. The molecule has 3 aromatic rings. The summed E-state index contributed by atoms with van der Waals surface area (Å²) in [7, 11) is -4.17. The Balaban J connectivity index is 1.44. The minimum atomic E-state index is -4.17. The Hall–Kier alpha value is -4.78. The van der Waals surface area contributed by atoms with E-state index >= 15 is 0 Å². The van der Waals surface area contributed by atoms with E-state index in [1.165, 1.54) is 24.3 Å². The first-order chi connectivity index (χ1) is 20.0. The number of hydrogen-bond acceptors (Lipinski definition) is 9. The second-order valence-electron chi connectivity index (χ2n) is 9.36. The van der Waals surface area contributed by atoms with E-state index in [2.05, 4.69) is 15.6 Å². The number of sulfonamides is 1. The van der Waals surface area contributed by atoms with Gasteiger partial charge in [-0.15, -0.1) is 0 Å². The highest BCUT2D eigenvalue weighted by molar-refractivity contribution is 7.90. The van der Waals surface area contributed by atoms with Crippen molar-refractivity contribution in [3.05, 3.63) is 89.6 Å². The third-order valence-electron chi connectivity index (χ3n) is 5.69. The van der Waals surface area contributed by atoms with Gasteiger partial charge in [-0.1, -0.05) is 56.3 Å². The molecule has 0 aliphatic carbocycles. The first kappa shape index (κ1) is 31.7. The number of nitrogens with one attached hydrogen (secondary N) is 3. The summed E-state index contributed by atoms with van der Waals surface area (Å²) in [5.74, 6) is -1.83. The predicted molar refractivity (Wildman–Crippen MR) is 152 cm³/mol.